The van der Waals surface area contributed by atoms with Crippen molar-refractivity contribution in [3.8, 4) is 17.0 Å². The molecule has 0 saturated carbocycles. The van der Waals surface area contributed by atoms with Crippen molar-refractivity contribution in [1.82, 2.24) is 19.9 Å². The molecule has 0 bridgehead atoms. The zero-order valence-electron chi connectivity index (χ0n) is 17.2. The minimum atomic E-state index is -4.66. The lowest BCUT2D eigenvalue weighted by molar-refractivity contribution is -0.137. The first-order valence-electron chi connectivity index (χ1n) is 9.81. The number of benzene rings is 1. The van der Waals surface area contributed by atoms with Crippen LogP contribution in [0.4, 0.5) is 24.7 Å². The summed E-state index contributed by atoms with van der Waals surface area (Å²) in [4.78, 5) is 17.4. The first-order chi connectivity index (χ1) is 15.7. The fourth-order valence-electron chi connectivity index (χ4n) is 3.98. The molecule has 12 heteroatoms. The first-order valence-corrected chi connectivity index (χ1v) is 10.2. The number of nitrogens with zero attached hydrogens (tertiary/aromatic N) is 4. The number of nitrogens with one attached hydrogen (secondary N) is 2. The molecule has 0 atom stereocenters. The monoisotopic (exact) mass is 475 g/mol. The van der Waals surface area contributed by atoms with Gasteiger partial charge in [0, 0.05) is 18.0 Å². The van der Waals surface area contributed by atoms with E-state index in [9.17, 15) is 13.2 Å². The summed E-state index contributed by atoms with van der Waals surface area (Å²) in [6, 6.07) is 2.62. The molecular formula is C21H17ClF3N7O. The van der Waals surface area contributed by atoms with Crippen LogP contribution in [0.2, 0.25) is 5.02 Å². The third-order valence-electron chi connectivity index (χ3n) is 5.31. The predicted molar refractivity (Wildman–Crippen MR) is 118 cm³/mol. The third-order valence-corrected chi connectivity index (χ3v) is 5.71. The Morgan fingerprint density at radius 3 is 2.85 bits per heavy atom. The van der Waals surface area contributed by atoms with E-state index in [1.54, 1.807) is 18.7 Å². The standard InChI is InChI=1S/C21H17ClF3N7O/c1-10-4-14(26)31-18(16(10)21(23,24)25)12-5-13-15-19(17(12)22)29-9-30-20(15)32(2-3-33-13)7-11-6-27-8-28-11/h2-6,8,29H,7,9H2,1H3,(H2,26,31)(H,27,28). The van der Waals surface area contributed by atoms with Crippen LogP contribution in [0.5, 0.6) is 5.75 Å². The number of aromatic nitrogens is 3. The van der Waals surface area contributed by atoms with E-state index in [2.05, 4.69) is 25.3 Å². The molecule has 0 fully saturated rings. The SMILES string of the molecule is Cc1cc(N)nc(-c2cc3c4c(c2Cl)NCN=C4N(Cc2cnc[nH]2)C=CO3)c1C(F)(F)F. The lowest BCUT2D eigenvalue weighted by Crippen LogP contribution is -2.30. The largest absolute Gasteiger partial charge is 0.463 e. The second-order valence-corrected chi connectivity index (χ2v) is 7.87. The van der Waals surface area contributed by atoms with Crippen molar-refractivity contribution in [2.45, 2.75) is 19.6 Å². The van der Waals surface area contributed by atoms with E-state index in [0.29, 0.717) is 23.6 Å². The number of halogens is 4. The number of imidazole rings is 1. The summed E-state index contributed by atoms with van der Waals surface area (Å²) in [5.74, 6) is 0.800. The summed E-state index contributed by atoms with van der Waals surface area (Å²) < 4.78 is 47.6. The Hall–Kier alpha value is -3.73. The van der Waals surface area contributed by atoms with Crippen molar-refractivity contribution in [2.75, 3.05) is 17.7 Å². The molecule has 0 saturated heterocycles. The molecule has 0 amide bonds. The van der Waals surface area contributed by atoms with Gasteiger partial charge in [-0.25, -0.2) is 15.0 Å². The molecule has 3 aromatic rings. The van der Waals surface area contributed by atoms with Gasteiger partial charge in [-0.1, -0.05) is 11.6 Å². The summed E-state index contributed by atoms with van der Waals surface area (Å²) in [6.07, 6.45) is 1.72. The summed E-state index contributed by atoms with van der Waals surface area (Å²) in [6.45, 7) is 1.93. The number of aliphatic imine (C=N–C) groups is 1. The Balaban J connectivity index is 1.69. The molecule has 0 unspecified atom stereocenters. The molecule has 8 nitrogen and oxygen atoms in total. The smallest absolute Gasteiger partial charge is 0.418 e. The number of aromatic amines is 1. The predicted octanol–water partition coefficient (Wildman–Crippen LogP) is 4.53. The second-order valence-electron chi connectivity index (χ2n) is 7.50. The van der Waals surface area contributed by atoms with E-state index < -0.39 is 11.7 Å². The number of hydrogen-bond acceptors (Lipinski definition) is 7. The van der Waals surface area contributed by atoms with E-state index in [4.69, 9.17) is 22.1 Å². The number of amidine groups is 1. The maximum atomic E-state index is 13.9. The van der Waals surface area contributed by atoms with Crippen LogP contribution in [0.1, 0.15) is 22.4 Å². The lowest BCUT2D eigenvalue weighted by Gasteiger charge is -2.27. The van der Waals surface area contributed by atoms with E-state index in [1.165, 1.54) is 25.3 Å². The highest BCUT2D eigenvalue weighted by Crippen LogP contribution is 2.47. The van der Waals surface area contributed by atoms with Crippen molar-refractivity contribution in [3.63, 3.8) is 0 Å². The van der Waals surface area contributed by atoms with E-state index in [-0.39, 0.29) is 40.1 Å². The Morgan fingerprint density at radius 2 is 2.12 bits per heavy atom. The van der Waals surface area contributed by atoms with Gasteiger partial charge in [-0.15, -0.1) is 0 Å². The lowest BCUT2D eigenvalue weighted by atomic mass is 9.97. The molecule has 0 spiro atoms. The molecule has 33 heavy (non-hydrogen) atoms. The molecule has 4 heterocycles. The number of nitrogens with two attached hydrogens (primary N) is 1. The number of alkyl halides is 3. The topological polar surface area (TPSA) is 104 Å². The van der Waals surface area contributed by atoms with Crippen LogP contribution in [-0.2, 0) is 12.7 Å². The highest BCUT2D eigenvalue weighted by Gasteiger charge is 2.38. The number of rotatable bonds is 3. The highest BCUT2D eigenvalue weighted by molar-refractivity contribution is 6.37. The van der Waals surface area contributed by atoms with Crippen LogP contribution in [0, 0.1) is 6.92 Å². The second kappa shape index (κ2) is 7.69. The van der Waals surface area contributed by atoms with Crippen LogP contribution < -0.4 is 15.8 Å². The Bertz CT molecular complexity index is 1300. The molecule has 4 N–H and O–H groups in total. The first kappa shape index (κ1) is 21.1. The highest BCUT2D eigenvalue weighted by atomic mass is 35.5. The molecule has 2 aliphatic rings. The quantitative estimate of drug-likeness (QED) is 0.514. The number of hydrogen-bond donors (Lipinski definition) is 3. The normalized spacial score (nSPS) is 14.8. The molecular weight excluding hydrogens is 459 g/mol. The average Bonchev–Trinajstić information content (AvgIpc) is 3.19. The van der Waals surface area contributed by atoms with E-state index in [0.717, 1.165) is 5.69 Å². The molecule has 1 aromatic carbocycles. The fraction of sp³-hybridized carbons (Fsp3) is 0.190. The number of H-pyrrole nitrogens is 1. The number of anilines is 2. The number of ether oxygens (including phenoxy) is 1. The van der Waals surface area contributed by atoms with E-state index >= 15 is 0 Å². The van der Waals surface area contributed by atoms with Crippen LogP contribution in [-0.4, -0.2) is 32.4 Å². The minimum absolute atomic E-state index is 0.0445. The van der Waals surface area contributed by atoms with Gasteiger partial charge < -0.3 is 25.7 Å². The van der Waals surface area contributed by atoms with Crippen LogP contribution in [0.15, 0.2) is 42.1 Å². The Morgan fingerprint density at radius 1 is 1.30 bits per heavy atom. The Labute approximate surface area is 191 Å². The maximum absolute atomic E-state index is 13.9. The van der Waals surface area contributed by atoms with Crippen LogP contribution >= 0.6 is 11.6 Å². The van der Waals surface area contributed by atoms with Crippen LogP contribution in [0.25, 0.3) is 11.3 Å². The van der Waals surface area contributed by atoms with E-state index in [1.807, 2.05) is 4.90 Å². The summed E-state index contributed by atoms with van der Waals surface area (Å²) in [5.41, 5.74) is 6.31. The van der Waals surface area contributed by atoms with Gasteiger partial charge >= 0.3 is 6.18 Å². The molecule has 0 aliphatic carbocycles. The van der Waals surface area contributed by atoms with Crippen molar-refractivity contribution in [3.05, 3.63) is 64.5 Å². The van der Waals surface area contributed by atoms with Crippen molar-refractivity contribution in [1.29, 1.82) is 0 Å². The van der Waals surface area contributed by atoms with Gasteiger partial charge in [-0.2, -0.15) is 13.2 Å². The van der Waals surface area contributed by atoms with Crippen LogP contribution in [0.3, 0.4) is 0 Å². The van der Waals surface area contributed by atoms with Crippen molar-refractivity contribution < 1.29 is 17.9 Å². The molecule has 2 aliphatic heterocycles. The summed E-state index contributed by atoms with van der Waals surface area (Å²) in [5, 5.41) is 3.13. The molecule has 170 valence electrons. The minimum Gasteiger partial charge on any atom is -0.463 e. The molecule has 5 rings (SSSR count). The molecule has 2 aromatic heterocycles. The number of nitrogen functional groups attached to an aromatic ring is 1. The van der Waals surface area contributed by atoms with Gasteiger partial charge in [-0.3, -0.25) is 0 Å². The number of aryl methyl sites for hydroxylation is 1. The zero-order valence-corrected chi connectivity index (χ0v) is 17.9. The maximum Gasteiger partial charge on any atom is 0.418 e. The zero-order chi connectivity index (χ0) is 23.3. The summed E-state index contributed by atoms with van der Waals surface area (Å²) in [7, 11) is 0. The fourth-order valence-corrected chi connectivity index (χ4v) is 4.28. The van der Waals surface area contributed by atoms with Gasteiger partial charge in [0.05, 0.1) is 46.1 Å². The van der Waals surface area contributed by atoms with Crippen molar-refractivity contribution >= 4 is 28.9 Å². The van der Waals surface area contributed by atoms with Gasteiger partial charge in [0.25, 0.3) is 0 Å². The average molecular weight is 476 g/mol. The molecule has 0 radical (unpaired) electrons. The third kappa shape index (κ3) is 3.63. The summed E-state index contributed by atoms with van der Waals surface area (Å²) >= 11 is 6.67. The van der Waals surface area contributed by atoms with Gasteiger partial charge in [0.1, 0.15) is 30.3 Å². The van der Waals surface area contributed by atoms with Crippen molar-refractivity contribution in [2.24, 2.45) is 4.99 Å². The number of pyridine rings is 1. The van der Waals surface area contributed by atoms with Gasteiger partial charge in [0.15, 0.2) is 0 Å². The van der Waals surface area contributed by atoms with Gasteiger partial charge in [0.2, 0.25) is 0 Å². The van der Waals surface area contributed by atoms with Gasteiger partial charge in [-0.05, 0) is 24.6 Å². The Kier molecular flexibility index (Phi) is 4.93.